The van der Waals surface area contributed by atoms with Crippen LogP contribution in [-0.4, -0.2) is 12.0 Å². The fourth-order valence-corrected chi connectivity index (χ4v) is 3.31. The first-order valence-corrected chi connectivity index (χ1v) is 9.18. The molecule has 0 bridgehead atoms. The molecule has 2 aromatic carbocycles. The number of amides is 1. The van der Waals surface area contributed by atoms with Crippen molar-refractivity contribution in [3.8, 4) is 5.75 Å². The molecule has 0 unspecified atom stereocenters. The smallest absolute Gasteiger partial charge is 0.261 e. The molecule has 25 heavy (non-hydrogen) atoms. The Morgan fingerprint density at radius 1 is 1.00 bits per heavy atom. The molecule has 2 aromatic rings. The maximum absolute atomic E-state index is 12.5. The summed E-state index contributed by atoms with van der Waals surface area (Å²) in [6.45, 7) is 5.84. The van der Waals surface area contributed by atoms with Crippen LogP contribution in [0.2, 0.25) is 0 Å². The van der Waals surface area contributed by atoms with Gasteiger partial charge in [0.05, 0.1) is 6.04 Å². The highest BCUT2D eigenvalue weighted by Gasteiger charge is 2.19. The third-order valence-corrected chi connectivity index (χ3v) is 4.93. The number of aryl methyl sites for hydroxylation is 3. The summed E-state index contributed by atoms with van der Waals surface area (Å²) in [5.74, 6) is 0.625. The van der Waals surface area contributed by atoms with E-state index in [1.807, 2.05) is 38.1 Å². The molecule has 1 amide bonds. The Hall–Kier alpha value is -2.29. The molecule has 1 N–H and O–H groups in total. The molecular formula is C22H27NO2. The second-order valence-electron chi connectivity index (χ2n) is 7.04. The van der Waals surface area contributed by atoms with E-state index < -0.39 is 6.10 Å². The van der Waals surface area contributed by atoms with Crippen molar-refractivity contribution in [2.45, 2.75) is 58.6 Å². The van der Waals surface area contributed by atoms with E-state index in [0.29, 0.717) is 0 Å². The number of hydrogen-bond donors (Lipinski definition) is 1. The zero-order chi connectivity index (χ0) is 17.8. The van der Waals surface area contributed by atoms with Gasteiger partial charge in [-0.2, -0.15) is 0 Å². The van der Waals surface area contributed by atoms with Crippen molar-refractivity contribution in [3.05, 3.63) is 64.7 Å². The number of fused-ring (bicyclic) bond motifs is 1. The Morgan fingerprint density at radius 3 is 2.40 bits per heavy atom. The first-order valence-electron chi connectivity index (χ1n) is 9.18. The van der Waals surface area contributed by atoms with Gasteiger partial charge in [-0.1, -0.05) is 35.9 Å². The molecule has 3 nitrogen and oxygen atoms in total. The number of carbonyl (C=O) groups is 1. The van der Waals surface area contributed by atoms with Crippen molar-refractivity contribution in [2.24, 2.45) is 0 Å². The summed E-state index contributed by atoms with van der Waals surface area (Å²) in [6.07, 6.45) is 4.35. The Morgan fingerprint density at radius 2 is 1.68 bits per heavy atom. The van der Waals surface area contributed by atoms with Crippen molar-refractivity contribution in [2.75, 3.05) is 0 Å². The standard InChI is InChI=1S/C22H27NO2/c1-15-8-12-21(13-9-15)25-17(3)22(24)23-16(2)19-11-10-18-6-4-5-7-20(18)14-19/h8-14,16-17H,4-7H2,1-3H3,(H,23,24)/t16-,17+/m1/s1. The number of hydrogen-bond acceptors (Lipinski definition) is 2. The molecule has 0 heterocycles. The normalized spacial score (nSPS) is 15.8. The van der Waals surface area contributed by atoms with Crippen LogP contribution in [-0.2, 0) is 17.6 Å². The van der Waals surface area contributed by atoms with Gasteiger partial charge in [0.25, 0.3) is 5.91 Å². The van der Waals surface area contributed by atoms with Crippen LogP contribution >= 0.6 is 0 Å². The molecule has 1 aliphatic rings. The molecule has 3 rings (SSSR count). The SMILES string of the molecule is Cc1ccc(O[C@@H](C)C(=O)N[C@H](C)c2ccc3c(c2)CCCC3)cc1. The van der Waals surface area contributed by atoms with E-state index in [0.717, 1.165) is 17.7 Å². The van der Waals surface area contributed by atoms with Crippen LogP contribution in [0.4, 0.5) is 0 Å². The van der Waals surface area contributed by atoms with Gasteiger partial charge in [0.2, 0.25) is 0 Å². The van der Waals surface area contributed by atoms with Gasteiger partial charge in [-0.3, -0.25) is 4.79 Å². The Labute approximate surface area is 150 Å². The molecule has 0 radical (unpaired) electrons. The van der Waals surface area contributed by atoms with E-state index in [1.54, 1.807) is 6.92 Å². The third kappa shape index (κ3) is 4.41. The largest absolute Gasteiger partial charge is 0.481 e. The highest BCUT2D eigenvalue weighted by Crippen LogP contribution is 2.25. The van der Waals surface area contributed by atoms with E-state index in [2.05, 4.69) is 23.5 Å². The lowest BCUT2D eigenvalue weighted by Crippen LogP contribution is -2.37. The third-order valence-electron chi connectivity index (χ3n) is 4.93. The number of benzene rings is 2. The number of ether oxygens (including phenoxy) is 1. The highest BCUT2D eigenvalue weighted by atomic mass is 16.5. The van der Waals surface area contributed by atoms with Crippen molar-refractivity contribution in [1.29, 1.82) is 0 Å². The van der Waals surface area contributed by atoms with Crippen LogP contribution < -0.4 is 10.1 Å². The quantitative estimate of drug-likeness (QED) is 0.871. The maximum atomic E-state index is 12.5. The Kier molecular flexibility index (Phi) is 5.42. The fourth-order valence-electron chi connectivity index (χ4n) is 3.31. The minimum atomic E-state index is -0.525. The summed E-state index contributed by atoms with van der Waals surface area (Å²) < 4.78 is 5.75. The topological polar surface area (TPSA) is 38.3 Å². The zero-order valence-corrected chi connectivity index (χ0v) is 15.3. The van der Waals surface area contributed by atoms with Crippen molar-refractivity contribution < 1.29 is 9.53 Å². The van der Waals surface area contributed by atoms with Crippen molar-refractivity contribution in [3.63, 3.8) is 0 Å². The number of nitrogens with one attached hydrogen (secondary N) is 1. The zero-order valence-electron chi connectivity index (χ0n) is 15.3. The lowest BCUT2D eigenvalue weighted by molar-refractivity contribution is -0.127. The molecule has 2 atom stereocenters. The second-order valence-corrected chi connectivity index (χ2v) is 7.04. The molecule has 0 aliphatic heterocycles. The van der Waals surface area contributed by atoms with Gasteiger partial charge in [0.1, 0.15) is 5.75 Å². The van der Waals surface area contributed by atoms with E-state index >= 15 is 0 Å². The summed E-state index contributed by atoms with van der Waals surface area (Å²) in [7, 11) is 0. The van der Waals surface area contributed by atoms with Crippen LogP contribution in [0.25, 0.3) is 0 Å². The van der Waals surface area contributed by atoms with Gasteiger partial charge >= 0.3 is 0 Å². The van der Waals surface area contributed by atoms with Gasteiger partial charge in [0.15, 0.2) is 6.10 Å². The van der Waals surface area contributed by atoms with Crippen molar-refractivity contribution in [1.82, 2.24) is 5.32 Å². The summed E-state index contributed by atoms with van der Waals surface area (Å²) in [6, 6.07) is 14.3. The lowest BCUT2D eigenvalue weighted by atomic mass is 9.89. The molecule has 3 heteroatoms. The number of rotatable bonds is 5. The van der Waals surface area contributed by atoms with E-state index in [-0.39, 0.29) is 11.9 Å². The van der Waals surface area contributed by atoms with E-state index in [9.17, 15) is 4.79 Å². The van der Waals surface area contributed by atoms with Gasteiger partial charge in [0, 0.05) is 0 Å². The number of carbonyl (C=O) groups excluding carboxylic acids is 1. The van der Waals surface area contributed by atoms with Gasteiger partial charge in [-0.05, 0) is 75.3 Å². The predicted molar refractivity (Wildman–Crippen MR) is 101 cm³/mol. The maximum Gasteiger partial charge on any atom is 0.261 e. The minimum Gasteiger partial charge on any atom is -0.481 e. The summed E-state index contributed by atoms with van der Waals surface area (Å²) >= 11 is 0. The molecule has 1 aliphatic carbocycles. The van der Waals surface area contributed by atoms with E-state index in [1.165, 1.54) is 36.0 Å². The monoisotopic (exact) mass is 337 g/mol. The molecule has 132 valence electrons. The first-order chi connectivity index (χ1) is 12.0. The predicted octanol–water partition coefficient (Wildman–Crippen LogP) is 4.52. The van der Waals surface area contributed by atoms with Crippen LogP contribution in [0.5, 0.6) is 5.75 Å². The molecule has 0 saturated heterocycles. The first kappa shape index (κ1) is 17.5. The molecular weight excluding hydrogens is 310 g/mol. The van der Waals surface area contributed by atoms with Gasteiger partial charge in [-0.25, -0.2) is 0 Å². The van der Waals surface area contributed by atoms with Crippen LogP contribution in [0.3, 0.4) is 0 Å². The Balaban J connectivity index is 1.60. The van der Waals surface area contributed by atoms with E-state index in [4.69, 9.17) is 4.74 Å². The average molecular weight is 337 g/mol. The lowest BCUT2D eigenvalue weighted by Gasteiger charge is -2.21. The van der Waals surface area contributed by atoms with Crippen LogP contribution in [0.15, 0.2) is 42.5 Å². The Bertz CT molecular complexity index is 736. The van der Waals surface area contributed by atoms with Gasteiger partial charge < -0.3 is 10.1 Å². The second kappa shape index (κ2) is 7.73. The molecule has 0 fully saturated rings. The average Bonchev–Trinajstić information content (AvgIpc) is 2.63. The van der Waals surface area contributed by atoms with Gasteiger partial charge in [-0.15, -0.1) is 0 Å². The molecule has 0 spiro atoms. The minimum absolute atomic E-state index is 0.0243. The molecule has 0 saturated carbocycles. The summed E-state index contributed by atoms with van der Waals surface area (Å²) in [5.41, 5.74) is 5.24. The molecule has 0 aromatic heterocycles. The summed E-state index contributed by atoms with van der Waals surface area (Å²) in [4.78, 5) is 12.5. The van der Waals surface area contributed by atoms with Crippen LogP contribution in [0.1, 0.15) is 55.0 Å². The highest BCUT2D eigenvalue weighted by molar-refractivity contribution is 5.81. The van der Waals surface area contributed by atoms with Crippen LogP contribution in [0, 0.1) is 6.92 Å². The summed E-state index contributed by atoms with van der Waals surface area (Å²) in [5, 5.41) is 3.07. The van der Waals surface area contributed by atoms with Crippen molar-refractivity contribution >= 4 is 5.91 Å². The fraction of sp³-hybridized carbons (Fsp3) is 0.409.